The molecule has 0 aliphatic carbocycles. The van der Waals surface area contributed by atoms with E-state index in [-0.39, 0.29) is 17.4 Å². The fourth-order valence-electron chi connectivity index (χ4n) is 1.14. The Morgan fingerprint density at radius 3 is 2.71 bits per heavy atom. The van der Waals surface area contributed by atoms with Crippen molar-refractivity contribution in [1.29, 1.82) is 0 Å². The molecule has 0 aliphatic rings. The number of rotatable bonds is 5. The van der Waals surface area contributed by atoms with Gasteiger partial charge in [0.05, 0.1) is 7.11 Å². The van der Waals surface area contributed by atoms with E-state index in [4.69, 9.17) is 16.3 Å². The van der Waals surface area contributed by atoms with Gasteiger partial charge in [-0.15, -0.1) is 11.6 Å². The van der Waals surface area contributed by atoms with Gasteiger partial charge in [0, 0.05) is 11.8 Å². The SMILES string of the molecule is COc1ccc(NC(=O)CCl)cc1OC(F)F. The van der Waals surface area contributed by atoms with Crippen LogP contribution in [-0.2, 0) is 4.79 Å². The van der Waals surface area contributed by atoms with Gasteiger partial charge in [0.1, 0.15) is 5.88 Å². The van der Waals surface area contributed by atoms with Crippen LogP contribution in [0.15, 0.2) is 18.2 Å². The van der Waals surface area contributed by atoms with Crippen LogP contribution in [-0.4, -0.2) is 25.5 Å². The van der Waals surface area contributed by atoms with Gasteiger partial charge in [-0.3, -0.25) is 4.79 Å². The van der Waals surface area contributed by atoms with E-state index in [1.54, 1.807) is 0 Å². The molecular formula is C10H10ClF2NO3. The molecule has 0 saturated carbocycles. The molecule has 0 saturated heterocycles. The van der Waals surface area contributed by atoms with E-state index in [0.717, 1.165) is 0 Å². The van der Waals surface area contributed by atoms with Gasteiger partial charge in [0.15, 0.2) is 11.5 Å². The molecule has 1 aromatic rings. The summed E-state index contributed by atoms with van der Waals surface area (Å²) in [5.74, 6) is -0.680. The third kappa shape index (κ3) is 4.07. The third-order valence-corrected chi connectivity index (χ3v) is 2.03. The van der Waals surface area contributed by atoms with Crippen molar-refractivity contribution in [2.24, 2.45) is 0 Å². The van der Waals surface area contributed by atoms with Gasteiger partial charge in [0.25, 0.3) is 0 Å². The maximum Gasteiger partial charge on any atom is 0.387 e. The number of hydrogen-bond donors (Lipinski definition) is 1. The summed E-state index contributed by atoms with van der Waals surface area (Å²) >= 11 is 5.30. The molecule has 0 bridgehead atoms. The molecular weight excluding hydrogens is 256 g/mol. The molecule has 0 aromatic heterocycles. The third-order valence-electron chi connectivity index (χ3n) is 1.78. The molecule has 0 radical (unpaired) electrons. The summed E-state index contributed by atoms with van der Waals surface area (Å²) in [5.41, 5.74) is 0.298. The van der Waals surface area contributed by atoms with Crippen molar-refractivity contribution in [3.8, 4) is 11.5 Å². The lowest BCUT2D eigenvalue weighted by Gasteiger charge is -2.11. The van der Waals surface area contributed by atoms with E-state index in [0.29, 0.717) is 5.69 Å². The number of alkyl halides is 3. The summed E-state index contributed by atoms with van der Waals surface area (Å²) in [7, 11) is 1.32. The van der Waals surface area contributed by atoms with E-state index in [9.17, 15) is 13.6 Å². The molecule has 0 aliphatic heterocycles. The molecule has 1 N–H and O–H groups in total. The van der Waals surface area contributed by atoms with Crippen LogP contribution in [0.1, 0.15) is 0 Å². The predicted octanol–water partition coefficient (Wildman–Crippen LogP) is 2.47. The van der Waals surface area contributed by atoms with Crippen LogP contribution in [0, 0.1) is 0 Å². The zero-order valence-electron chi connectivity index (χ0n) is 8.88. The second-order valence-corrected chi connectivity index (χ2v) is 3.19. The molecule has 17 heavy (non-hydrogen) atoms. The largest absolute Gasteiger partial charge is 0.493 e. The minimum Gasteiger partial charge on any atom is -0.493 e. The monoisotopic (exact) mass is 265 g/mol. The number of methoxy groups -OCH3 is 1. The number of anilines is 1. The number of carbonyl (C=O) groups excluding carboxylic acids is 1. The van der Waals surface area contributed by atoms with Crippen LogP contribution >= 0.6 is 11.6 Å². The number of ether oxygens (including phenoxy) is 2. The number of benzene rings is 1. The Kier molecular flexibility index (Phi) is 4.96. The Balaban J connectivity index is 2.91. The number of nitrogens with one attached hydrogen (secondary N) is 1. The minimum atomic E-state index is -2.97. The zero-order chi connectivity index (χ0) is 12.8. The lowest BCUT2D eigenvalue weighted by atomic mass is 10.2. The maximum absolute atomic E-state index is 12.1. The summed E-state index contributed by atoms with van der Waals surface area (Å²) in [6.45, 7) is -2.97. The van der Waals surface area contributed by atoms with Crippen LogP contribution in [0.25, 0.3) is 0 Å². The van der Waals surface area contributed by atoms with E-state index in [1.807, 2.05) is 0 Å². The average Bonchev–Trinajstić information content (AvgIpc) is 2.28. The number of hydrogen-bond acceptors (Lipinski definition) is 3. The number of halogens is 3. The molecule has 0 atom stereocenters. The van der Waals surface area contributed by atoms with Gasteiger partial charge in [-0.2, -0.15) is 8.78 Å². The van der Waals surface area contributed by atoms with E-state index in [2.05, 4.69) is 10.1 Å². The molecule has 7 heteroatoms. The maximum atomic E-state index is 12.1. The van der Waals surface area contributed by atoms with Gasteiger partial charge >= 0.3 is 6.61 Å². The predicted molar refractivity (Wildman–Crippen MR) is 59.0 cm³/mol. The highest BCUT2D eigenvalue weighted by Gasteiger charge is 2.12. The lowest BCUT2D eigenvalue weighted by molar-refractivity contribution is -0.113. The van der Waals surface area contributed by atoms with Crippen LogP contribution in [0.3, 0.4) is 0 Å². The second-order valence-electron chi connectivity index (χ2n) is 2.93. The summed E-state index contributed by atoms with van der Waals surface area (Å²) in [5, 5.41) is 2.41. The molecule has 1 rings (SSSR count). The van der Waals surface area contributed by atoms with Crippen molar-refractivity contribution < 1.29 is 23.0 Å². The highest BCUT2D eigenvalue weighted by molar-refractivity contribution is 6.29. The number of amides is 1. The first kappa shape index (κ1) is 13.5. The summed E-state index contributed by atoms with van der Waals surface area (Å²) in [4.78, 5) is 11.0. The van der Waals surface area contributed by atoms with Crippen molar-refractivity contribution in [2.45, 2.75) is 6.61 Å². The topological polar surface area (TPSA) is 47.6 Å². The first-order chi connectivity index (χ1) is 8.06. The molecule has 0 heterocycles. The van der Waals surface area contributed by atoms with Crippen LogP contribution in [0.5, 0.6) is 11.5 Å². The van der Waals surface area contributed by atoms with Gasteiger partial charge in [-0.1, -0.05) is 0 Å². The van der Waals surface area contributed by atoms with Crippen molar-refractivity contribution in [2.75, 3.05) is 18.3 Å². The minimum absolute atomic E-state index is 0.147. The van der Waals surface area contributed by atoms with Gasteiger partial charge in [-0.25, -0.2) is 0 Å². The first-order valence-corrected chi connectivity index (χ1v) is 5.09. The van der Waals surface area contributed by atoms with Gasteiger partial charge in [0.2, 0.25) is 5.91 Å². The Labute approximate surface area is 101 Å². The highest BCUT2D eigenvalue weighted by Crippen LogP contribution is 2.31. The van der Waals surface area contributed by atoms with E-state index in [1.165, 1.54) is 25.3 Å². The summed E-state index contributed by atoms with van der Waals surface area (Å²) in [6.07, 6.45) is 0. The standard InChI is InChI=1S/C10H10ClF2NO3/c1-16-7-3-2-6(14-9(15)5-11)4-8(7)17-10(12)13/h2-4,10H,5H2,1H3,(H,14,15). The van der Waals surface area contributed by atoms with Crippen LogP contribution in [0.2, 0.25) is 0 Å². The summed E-state index contributed by atoms with van der Waals surface area (Å²) < 4.78 is 33.3. The van der Waals surface area contributed by atoms with Crippen molar-refractivity contribution >= 4 is 23.2 Å². The average molecular weight is 266 g/mol. The molecule has 1 aromatic carbocycles. The molecule has 1 amide bonds. The molecule has 0 fully saturated rings. The quantitative estimate of drug-likeness (QED) is 0.832. The Morgan fingerprint density at radius 1 is 1.47 bits per heavy atom. The normalized spacial score (nSPS) is 10.2. The highest BCUT2D eigenvalue weighted by atomic mass is 35.5. The van der Waals surface area contributed by atoms with Crippen LogP contribution in [0.4, 0.5) is 14.5 Å². The van der Waals surface area contributed by atoms with Crippen LogP contribution < -0.4 is 14.8 Å². The molecule has 94 valence electrons. The Bertz CT molecular complexity index is 401. The van der Waals surface area contributed by atoms with E-state index >= 15 is 0 Å². The smallest absolute Gasteiger partial charge is 0.387 e. The Morgan fingerprint density at radius 2 is 2.18 bits per heavy atom. The first-order valence-electron chi connectivity index (χ1n) is 4.55. The van der Waals surface area contributed by atoms with Crippen molar-refractivity contribution in [3.63, 3.8) is 0 Å². The molecule has 0 unspecified atom stereocenters. The Hall–Kier alpha value is -1.56. The molecule has 0 spiro atoms. The second kappa shape index (κ2) is 6.24. The van der Waals surface area contributed by atoms with Crippen molar-refractivity contribution in [3.05, 3.63) is 18.2 Å². The van der Waals surface area contributed by atoms with Gasteiger partial charge < -0.3 is 14.8 Å². The number of carbonyl (C=O) groups is 1. The fraction of sp³-hybridized carbons (Fsp3) is 0.300. The van der Waals surface area contributed by atoms with Crippen molar-refractivity contribution in [1.82, 2.24) is 0 Å². The van der Waals surface area contributed by atoms with Gasteiger partial charge in [-0.05, 0) is 12.1 Å². The molecule has 4 nitrogen and oxygen atoms in total. The van der Waals surface area contributed by atoms with E-state index < -0.39 is 12.5 Å². The fourth-order valence-corrected chi connectivity index (χ4v) is 1.20. The lowest BCUT2D eigenvalue weighted by Crippen LogP contribution is -2.13. The zero-order valence-corrected chi connectivity index (χ0v) is 9.63. The summed E-state index contributed by atoms with van der Waals surface area (Å²) in [6, 6.07) is 4.12.